The predicted octanol–water partition coefficient (Wildman–Crippen LogP) is 5.10. The van der Waals surface area contributed by atoms with Gasteiger partial charge < -0.3 is 9.72 Å². The lowest BCUT2D eigenvalue weighted by Crippen LogP contribution is -2.36. The van der Waals surface area contributed by atoms with E-state index in [2.05, 4.69) is 20.9 Å². The summed E-state index contributed by atoms with van der Waals surface area (Å²) in [4.78, 5) is 27.8. The molecule has 1 N–H and O–H groups in total. The van der Waals surface area contributed by atoms with Crippen molar-refractivity contribution in [2.75, 3.05) is 13.7 Å². The van der Waals surface area contributed by atoms with Gasteiger partial charge in [0.1, 0.15) is 11.6 Å². The average molecular weight is 465 g/mol. The van der Waals surface area contributed by atoms with Crippen molar-refractivity contribution in [2.24, 2.45) is 0 Å². The van der Waals surface area contributed by atoms with Crippen LogP contribution < -0.4 is 10.3 Å². The van der Waals surface area contributed by atoms with Crippen LogP contribution in [0.4, 0.5) is 0 Å². The molecule has 1 aliphatic carbocycles. The number of aromatic nitrogens is 3. The molecule has 2 aromatic heterocycles. The van der Waals surface area contributed by atoms with Crippen molar-refractivity contribution >= 4 is 11.6 Å². The Morgan fingerprint density at radius 3 is 2.79 bits per heavy atom. The molecule has 0 bridgehead atoms. The third-order valence-electron chi connectivity index (χ3n) is 6.83. The monoisotopic (exact) mass is 464 g/mol. The van der Waals surface area contributed by atoms with Crippen molar-refractivity contribution in [1.29, 1.82) is 0 Å². The van der Waals surface area contributed by atoms with E-state index in [9.17, 15) is 4.79 Å². The summed E-state index contributed by atoms with van der Waals surface area (Å²) < 4.78 is 5.45. The molecule has 5 rings (SSSR count). The van der Waals surface area contributed by atoms with Gasteiger partial charge in [0.05, 0.1) is 24.1 Å². The number of benzene rings is 1. The van der Waals surface area contributed by atoms with E-state index in [1.807, 2.05) is 24.4 Å². The summed E-state index contributed by atoms with van der Waals surface area (Å²) >= 11 is 6.17. The van der Waals surface area contributed by atoms with Gasteiger partial charge in [-0.3, -0.25) is 14.7 Å². The number of hydrogen-bond acceptors (Lipinski definition) is 5. The zero-order chi connectivity index (χ0) is 22.8. The van der Waals surface area contributed by atoms with E-state index in [1.165, 1.54) is 19.3 Å². The van der Waals surface area contributed by atoms with E-state index in [0.29, 0.717) is 17.5 Å². The van der Waals surface area contributed by atoms with Crippen LogP contribution in [0.3, 0.4) is 0 Å². The summed E-state index contributed by atoms with van der Waals surface area (Å²) in [6.07, 6.45) is 8.73. The summed E-state index contributed by atoms with van der Waals surface area (Å²) in [6.45, 7) is 2.24. The molecule has 0 atom stereocenters. The molecule has 3 aromatic rings. The normalized spacial score (nSPS) is 17.0. The number of hydrogen-bond donors (Lipinski definition) is 1. The first-order valence-corrected chi connectivity index (χ1v) is 12.1. The van der Waals surface area contributed by atoms with Crippen molar-refractivity contribution in [3.05, 3.63) is 74.6 Å². The lowest BCUT2D eigenvalue weighted by atomic mass is 9.88. The fraction of sp³-hybridized carbons (Fsp3) is 0.423. The van der Waals surface area contributed by atoms with Crippen LogP contribution in [0, 0.1) is 0 Å². The average Bonchev–Trinajstić information content (AvgIpc) is 2.85. The number of H-pyrrole nitrogens is 1. The molecule has 1 saturated carbocycles. The van der Waals surface area contributed by atoms with Gasteiger partial charge in [0, 0.05) is 48.8 Å². The van der Waals surface area contributed by atoms with Crippen molar-refractivity contribution < 1.29 is 4.74 Å². The topological polar surface area (TPSA) is 71.1 Å². The second-order valence-corrected chi connectivity index (χ2v) is 9.50. The number of methoxy groups -OCH3 is 1. The molecule has 2 aliphatic rings. The molecular formula is C26H29ClN4O2. The standard InChI is InChI=1S/C26H29ClN4O2/c1-33-24-10-8-19(27)13-20(24)22-9-7-17(14-28-22)15-31-12-11-23-21(16-31)26(32)30-25(29-23)18-5-3-2-4-6-18/h7-10,13-14,18H,2-6,11-12,15-16H2,1H3,(H,29,30,32). The van der Waals surface area contributed by atoms with Crippen LogP contribution in [-0.4, -0.2) is 33.5 Å². The first kappa shape index (κ1) is 22.1. The lowest BCUT2D eigenvalue weighted by Gasteiger charge is -2.29. The van der Waals surface area contributed by atoms with Gasteiger partial charge in [0.2, 0.25) is 0 Å². The molecule has 0 radical (unpaired) electrons. The molecule has 1 fully saturated rings. The Labute approximate surface area is 199 Å². The van der Waals surface area contributed by atoms with Crippen LogP contribution in [0.2, 0.25) is 5.02 Å². The maximum atomic E-state index is 12.9. The maximum absolute atomic E-state index is 12.9. The first-order chi connectivity index (χ1) is 16.1. The Morgan fingerprint density at radius 2 is 2.03 bits per heavy atom. The number of pyridine rings is 1. The second kappa shape index (κ2) is 9.65. The number of fused-ring (bicyclic) bond motifs is 1. The van der Waals surface area contributed by atoms with Gasteiger partial charge in [0.15, 0.2) is 0 Å². The zero-order valence-electron chi connectivity index (χ0n) is 18.9. The van der Waals surface area contributed by atoms with Crippen molar-refractivity contribution in [1.82, 2.24) is 19.9 Å². The SMILES string of the molecule is COc1ccc(Cl)cc1-c1ccc(CN2CCc3nc(C4CCCCC4)[nH]c(=O)c3C2)cn1. The Morgan fingerprint density at radius 1 is 1.18 bits per heavy atom. The van der Waals surface area contributed by atoms with Crippen molar-refractivity contribution in [2.45, 2.75) is 57.5 Å². The molecule has 7 heteroatoms. The Kier molecular flexibility index (Phi) is 6.47. The molecule has 1 aromatic carbocycles. The van der Waals surface area contributed by atoms with E-state index >= 15 is 0 Å². The summed E-state index contributed by atoms with van der Waals surface area (Å²) in [5.74, 6) is 2.06. The molecule has 1 aliphatic heterocycles. The van der Waals surface area contributed by atoms with E-state index in [1.54, 1.807) is 13.2 Å². The van der Waals surface area contributed by atoms with E-state index in [4.69, 9.17) is 21.3 Å². The molecule has 172 valence electrons. The van der Waals surface area contributed by atoms with Crippen LogP contribution in [0.1, 0.15) is 60.7 Å². The van der Waals surface area contributed by atoms with Gasteiger partial charge in [-0.15, -0.1) is 0 Å². The number of nitrogens with zero attached hydrogens (tertiary/aromatic N) is 3. The Bertz CT molecular complexity index is 1190. The lowest BCUT2D eigenvalue weighted by molar-refractivity contribution is 0.240. The molecule has 6 nitrogen and oxygen atoms in total. The van der Waals surface area contributed by atoms with Crippen LogP contribution in [0.5, 0.6) is 5.75 Å². The smallest absolute Gasteiger partial charge is 0.255 e. The quantitative estimate of drug-likeness (QED) is 0.568. The van der Waals surface area contributed by atoms with Gasteiger partial charge in [0.25, 0.3) is 5.56 Å². The Hall–Kier alpha value is -2.70. The number of halogens is 1. The van der Waals surface area contributed by atoms with Crippen LogP contribution in [0.15, 0.2) is 41.3 Å². The van der Waals surface area contributed by atoms with Crippen LogP contribution in [-0.2, 0) is 19.5 Å². The van der Waals surface area contributed by atoms with E-state index in [0.717, 1.165) is 72.0 Å². The summed E-state index contributed by atoms with van der Waals surface area (Å²) in [7, 11) is 1.64. The zero-order valence-corrected chi connectivity index (χ0v) is 19.7. The highest BCUT2D eigenvalue weighted by Crippen LogP contribution is 2.32. The van der Waals surface area contributed by atoms with Crippen molar-refractivity contribution in [3.63, 3.8) is 0 Å². The van der Waals surface area contributed by atoms with Gasteiger partial charge in [-0.2, -0.15) is 0 Å². The molecule has 0 spiro atoms. The molecular weight excluding hydrogens is 436 g/mol. The number of nitrogens with one attached hydrogen (secondary N) is 1. The first-order valence-electron chi connectivity index (χ1n) is 11.7. The maximum Gasteiger partial charge on any atom is 0.255 e. The summed E-state index contributed by atoms with van der Waals surface area (Å²) in [5, 5.41) is 0.647. The predicted molar refractivity (Wildman–Crippen MR) is 130 cm³/mol. The van der Waals surface area contributed by atoms with Crippen LogP contribution in [0.25, 0.3) is 11.3 Å². The minimum absolute atomic E-state index is 0.0341. The third kappa shape index (κ3) is 4.82. The van der Waals surface area contributed by atoms with Gasteiger partial charge in [-0.1, -0.05) is 36.9 Å². The molecule has 3 heterocycles. The van der Waals surface area contributed by atoms with Gasteiger partial charge in [-0.05, 0) is 42.7 Å². The molecule has 0 unspecified atom stereocenters. The summed E-state index contributed by atoms with van der Waals surface area (Å²) in [6, 6.07) is 9.59. The third-order valence-corrected chi connectivity index (χ3v) is 7.06. The second-order valence-electron chi connectivity index (χ2n) is 9.07. The number of ether oxygens (including phenoxy) is 1. The fourth-order valence-corrected chi connectivity index (χ4v) is 5.19. The van der Waals surface area contributed by atoms with Gasteiger partial charge in [-0.25, -0.2) is 4.98 Å². The molecule has 0 saturated heterocycles. The minimum Gasteiger partial charge on any atom is -0.496 e. The van der Waals surface area contributed by atoms with E-state index in [-0.39, 0.29) is 5.56 Å². The highest BCUT2D eigenvalue weighted by atomic mass is 35.5. The minimum atomic E-state index is 0.0341. The highest BCUT2D eigenvalue weighted by Gasteiger charge is 2.24. The van der Waals surface area contributed by atoms with Crippen molar-refractivity contribution in [3.8, 4) is 17.0 Å². The largest absolute Gasteiger partial charge is 0.496 e. The van der Waals surface area contributed by atoms with Gasteiger partial charge >= 0.3 is 0 Å². The highest BCUT2D eigenvalue weighted by molar-refractivity contribution is 6.30. The molecule has 0 amide bonds. The van der Waals surface area contributed by atoms with E-state index < -0.39 is 0 Å². The fourth-order valence-electron chi connectivity index (χ4n) is 5.02. The Balaban J connectivity index is 1.29. The summed E-state index contributed by atoms with van der Waals surface area (Å²) in [5.41, 5.74) is 4.62. The number of rotatable bonds is 5. The molecule has 33 heavy (non-hydrogen) atoms. The number of aromatic amines is 1. The van der Waals surface area contributed by atoms with Crippen LogP contribution >= 0.6 is 11.6 Å².